The second-order valence-electron chi connectivity index (χ2n) is 10.5. The lowest BCUT2D eigenvalue weighted by Crippen LogP contribution is -2.62. The molecule has 0 bridgehead atoms. The number of amides is 1. The van der Waals surface area contributed by atoms with Crippen molar-refractivity contribution >= 4 is 23.7 Å². The van der Waals surface area contributed by atoms with E-state index < -0.39 is 0 Å². The summed E-state index contributed by atoms with van der Waals surface area (Å²) in [6.45, 7) is 4.77. The Morgan fingerprint density at radius 2 is 1.90 bits per heavy atom. The van der Waals surface area contributed by atoms with E-state index in [1.54, 1.807) is 6.20 Å². The van der Waals surface area contributed by atoms with Crippen molar-refractivity contribution in [3.8, 4) is 0 Å². The topological polar surface area (TPSA) is 59.1 Å². The normalized spacial score (nSPS) is 46.2. The van der Waals surface area contributed by atoms with Gasteiger partial charge in [-0.25, -0.2) is 0 Å². The van der Waals surface area contributed by atoms with Crippen LogP contribution in [0.25, 0.3) is 0 Å². The zero-order chi connectivity index (χ0) is 20.4. The van der Waals surface area contributed by atoms with Gasteiger partial charge in [-0.05, 0) is 85.7 Å². The number of carbonyl (C=O) groups is 2. The molecule has 3 aliphatic carbocycles. The van der Waals surface area contributed by atoms with E-state index in [1.165, 1.54) is 6.42 Å². The highest BCUT2D eigenvalue weighted by atomic mass is 32.1. The van der Waals surface area contributed by atoms with Crippen molar-refractivity contribution in [2.45, 2.75) is 70.8 Å². The number of fused-ring (bicyclic) bond motifs is 5. The van der Waals surface area contributed by atoms with Crippen LogP contribution in [-0.4, -0.2) is 22.0 Å². The Bertz CT molecular complexity index is 829. The molecule has 4 unspecified atom stereocenters. The Morgan fingerprint density at radius 1 is 1.10 bits per heavy atom. The first kappa shape index (κ1) is 19.6. The number of hydrogen-bond donors (Lipinski definition) is 2. The van der Waals surface area contributed by atoms with E-state index in [4.69, 9.17) is 0 Å². The number of rotatable bonds is 2. The molecule has 0 aromatic carbocycles. The number of nitrogens with one attached hydrogen (secondary N) is 1. The van der Waals surface area contributed by atoms with Gasteiger partial charge < -0.3 is 5.32 Å². The standard InChI is InChI=1S/C24H32N2O2S/c1-23-11-10-17-14(16(23)7-8-18(23)22(28)29)6-9-20-24(17,2)13-15(21(27)26-20)19-5-3-4-12-25-19/h3-5,12,14-18,20H,6-11,13H2,1-2H3,(H,26,27)(H,28,29)/t14?,15?,16?,17?,18-,20-,23+,24-/m1/s1. The van der Waals surface area contributed by atoms with Crippen LogP contribution < -0.4 is 5.32 Å². The van der Waals surface area contributed by atoms with E-state index in [0.717, 1.165) is 44.2 Å². The fraction of sp³-hybridized carbons (Fsp3) is 0.708. The molecular weight excluding hydrogens is 380 g/mol. The number of nitrogens with zero attached hydrogens (tertiary/aromatic N) is 1. The van der Waals surface area contributed by atoms with Gasteiger partial charge in [0, 0.05) is 18.2 Å². The fourth-order valence-corrected chi connectivity index (χ4v) is 8.44. The highest BCUT2D eigenvalue weighted by Gasteiger charge is 2.62. The van der Waals surface area contributed by atoms with Gasteiger partial charge in [0.15, 0.2) is 5.12 Å². The van der Waals surface area contributed by atoms with Crippen molar-refractivity contribution in [3.05, 3.63) is 30.1 Å². The molecule has 1 aromatic rings. The second kappa shape index (κ2) is 6.83. The highest BCUT2D eigenvalue weighted by molar-refractivity contribution is 7.96. The summed E-state index contributed by atoms with van der Waals surface area (Å²) < 4.78 is 0. The van der Waals surface area contributed by atoms with Crippen molar-refractivity contribution in [2.75, 3.05) is 0 Å². The smallest absolute Gasteiger partial charge is 0.229 e. The lowest BCUT2D eigenvalue weighted by Gasteiger charge is -2.60. The molecule has 0 radical (unpaired) electrons. The first-order chi connectivity index (χ1) is 13.8. The Balaban J connectivity index is 1.45. The average molecular weight is 413 g/mol. The van der Waals surface area contributed by atoms with Crippen LogP contribution in [0.1, 0.15) is 70.4 Å². The largest absolute Gasteiger partial charge is 0.352 e. The predicted octanol–water partition coefficient (Wildman–Crippen LogP) is 4.37. The summed E-state index contributed by atoms with van der Waals surface area (Å²) >= 11 is 4.24. The molecular formula is C24H32N2O2S. The minimum atomic E-state index is -0.153. The monoisotopic (exact) mass is 412 g/mol. The second-order valence-corrected chi connectivity index (χ2v) is 11.0. The van der Waals surface area contributed by atoms with Gasteiger partial charge in [-0.3, -0.25) is 14.6 Å². The summed E-state index contributed by atoms with van der Waals surface area (Å²) in [6.07, 6.45) is 9.34. The summed E-state index contributed by atoms with van der Waals surface area (Å²) in [5, 5.41) is 3.48. The fourth-order valence-electron chi connectivity index (χ4n) is 8.02. The molecule has 3 saturated carbocycles. The summed E-state index contributed by atoms with van der Waals surface area (Å²) in [6, 6.07) is 6.15. The van der Waals surface area contributed by atoms with Gasteiger partial charge in [-0.2, -0.15) is 0 Å². The van der Waals surface area contributed by atoms with Gasteiger partial charge in [0.25, 0.3) is 0 Å². The summed E-state index contributed by atoms with van der Waals surface area (Å²) in [5.74, 6) is 2.00. The zero-order valence-electron chi connectivity index (χ0n) is 17.4. The highest BCUT2D eigenvalue weighted by Crippen LogP contribution is 2.66. The van der Waals surface area contributed by atoms with Crippen LogP contribution in [0.3, 0.4) is 0 Å². The van der Waals surface area contributed by atoms with Crippen LogP contribution in [0.4, 0.5) is 0 Å². The molecule has 29 heavy (non-hydrogen) atoms. The van der Waals surface area contributed by atoms with E-state index in [0.29, 0.717) is 17.8 Å². The quantitative estimate of drug-likeness (QED) is 0.709. The van der Waals surface area contributed by atoms with Crippen molar-refractivity contribution in [2.24, 2.45) is 34.5 Å². The van der Waals surface area contributed by atoms with Crippen molar-refractivity contribution < 1.29 is 9.59 Å². The van der Waals surface area contributed by atoms with Gasteiger partial charge >= 0.3 is 0 Å². The van der Waals surface area contributed by atoms with E-state index >= 15 is 0 Å². The average Bonchev–Trinajstić information content (AvgIpc) is 3.06. The van der Waals surface area contributed by atoms with Crippen LogP contribution in [-0.2, 0) is 9.59 Å². The maximum atomic E-state index is 12.9. The molecule has 1 saturated heterocycles. The lowest BCUT2D eigenvalue weighted by molar-refractivity contribution is -0.141. The van der Waals surface area contributed by atoms with Gasteiger partial charge in [0.1, 0.15) is 0 Å². The predicted molar refractivity (Wildman–Crippen MR) is 115 cm³/mol. The number of piperidine rings is 1. The van der Waals surface area contributed by atoms with Crippen molar-refractivity contribution in [1.82, 2.24) is 10.3 Å². The third kappa shape index (κ3) is 2.83. The maximum absolute atomic E-state index is 12.9. The summed E-state index contributed by atoms with van der Waals surface area (Å²) in [5.41, 5.74) is 1.11. The first-order valence-corrected chi connectivity index (χ1v) is 11.7. The summed E-state index contributed by atoms with van der Waals surface area (Å²) in [4.78, 5) is 29.6. The SMILES string of the molecule is C[C@]12CCC3C(CC[C@H]4NC(=O)C(c5ccccn5)C[C@]34C)C1CC[C@@H]2C(=O)S. The number of carbonyl (C=O) groups excluding carboxylic acids is 2. The minimum absolute atomic E-state index is 0.0912. The molecule has 4 aliphatic rings. The van der Waals surface area contributed by atoms with Crippen LogP contribution in [0.15, 0.2) is 24.4 Å². The number of thiol groups is 1. The van der Waals surface area contributed by atoms with Crippen LogP contribution >= 0.6 is 12.6 Å². The van der Waals surface area contributed by atoms with Crippen molar-refractivity contribution in [1.29, 1.82) is 0 Å². The maximum Gasteiger partial charge on any atom is 0.229 e. The molecule has 1 N–H and O–H groups in total. The van der Waals surface area contributed by atoms with E-state index in [9.17, 15) is 9.59 Å². The molecule has 1 amide bonds. The Morgan fingerprint density at radius 3 is 2.62 bits per heavy atom. The molecule has 0 spiro atoms. The molecule has 156 valence electrons. The first-order valence-electron chi connectivity index (χ1n) is 11.3. The molecule has 2 heterocycles. The third-order valence-corrected chi connectivity index (χ3v) is 9.80. The molecule has 1 aromatic heterocycles. The molecule has 1 aliphatic heterocycles. The lowest BCUT2D eigenvalue weighted by atomic mass is 9.46. The van der Waals surface area contributed by atoms with E-state index in [2.05, 4.69) is 36.8 Å². The minimum Gasteiger partial charge on any atom is -0.352 e. The van der Waals surface area contributed by atoms with Crippen LogP contribution in [0, 0.1) is 34.5 Å². The van der Waals surface area contributed by atoms with Gasteiger partial charge in [0.2, 0.25) is 5.91 Å². The zero-order valence-corrected chi connectivity index (χ0v) is 18.3. The van der Waals surface area contributed by atoms with Crippen molar-refractivity contribution in [3.63, 3.8) is 0 Å². The number of aromatic nitrogens is 1. The van der Waals surface area contributed by atoms with Crippen LogP contribution in [0.5, 0.6) is 0 Å². The Hall–Kier alpha value is -1.36. The molecule has 5 rings (SSSR count). The Labute approximate surface area is 179 Å². The number of pyridine rings is 1. The van der Waals surface area contributed by atoms with E-state index in [-0.39, 0.29) is 39.7 Å². The van der Waals surface area contributed by atoms with Crippen LogP contribution in [0.2, 0.25) is 0 Å². The molecule has 8 atom stereocenters. The molecule has 4 nitrogen and oxygen atoms in total. The molecule has 5 heteroatoms. The molecule has 4 fully saturated rings. The summed E-state index contributed by atoms with van der Waals surface area (Å²) in [7, 11) is 0. The number of hydrogen-bond acceptors (Lipinski definition) is 3. The Kier molecular flexibility index (Phi) is 4.61. The van der Waals surface area contributed by atoms with Gasteiger partial charge in [-0.15, -0.1) is 12.6 Å². The van der Waals surface area contributed by atoms with Gasteiger partial charge in [0.05, 0.1) is 11.6 Å². The third-order valence-electron chi connectivity index (χ3n) is 9.49. The van der Waals surface area contributed by atoms with E-state index in [1.807, 2.05) is 18.2 Å². The van der Waals surface area contributed by atoms with Gasteiger partial charge in [-0.1, -0.05) is 19.9 Å².